The number of halogens is 1. The van der Waals surface area contributed by atoms with Gasteiger partial charge in [0.15, 0.2) is 0 Å². The summed E-state index contributed by atoms with van der Waals surface area (Å²) >= 11 is 5.45. The maximum atomic E-state index is 9.68. The van der Waals surface area contributed by atoms with Gasteiger partial charge in [-0.2, -0.15) is 0 Å². The molecule has 0 fully saturated rings. The molecule has 0 aromatic carbocycles. The van der Waals surface area contributed by atoms with Crippen molar-refractivity contribution in [2.75, 3.05) is 5.88 Å². The van der Waals surface area contributed by atoms with Crippen molar-refractivity contribution in [2.45, 2.75) is 12.2 Å². The summed E-state index contributed by atoms with van der Waals surface area (Å²) in [6.07, 6.45) is 5.68. The molecule has 0 bridgehead atoms. The lowest BCUT2D eigenvalue weighted by Crippen LogP contribution is -2.20. The molecule has 90 valence electrons. The molecular weight excluding hydrogens is 244 g/mol. The quantitative estimate of drug-likeness (QED) is 0.767. The smallest absolute Gasteiger partial charge is 0.234 e. The molecule has 2 unspecified atom stereocenters. The van der Waals surface area contributed by atoms with Crippen LogP contribution >= 0.6 is 11.6 Å². The van der Waals surface area contributed by atoms with E-state index in [9.17, 15) is 10.2 Å². The fourth-order valence-electron chi connectivity index (χ4n) is 1.30. The van der Waals surface area contributed by atoms with Crippen LogP contribution in [0.1, 0.15) is 11.7 Å². The first-order chi connectivity index (χ1) is 8.22. The molecule has 0 amide bonds. The number of hydrogen-bond donors (Lipinski definition) is 2. The molecule has 7 heteroatoms. The van der Waals surface area contributed by atoms with E-state index in [4.69, 9.17) is 11.6 Å². The van der Waals surface area contributed by atoms with E-state index in [1.165, 1.54) is 12.4 Å². The van der Waals surface area contributed by atoms with Gasteiger partial charge < -0.3 is 10.2 Å². The van der Waals surface area contributed by atoms with Crippen LogP contribution in [0, 0.1) is 0 Å². The van der Waals surface area contributed by atoms with Gasteiger partial charge in [0.1, 0.15) is 12.4 Å². The Balaban J connectivity index is 2.18. The van der Waals surface area contributed by atoms with Gasteiger partial charge in [0, 0.05) is 30.4 Å². The van der Waals surface area contributed by atoms with Crippen molar-refractivity contribution in [1.82, 2.24) is 19.5 Å². The molecule has 0 saturated heterocycles. The third-order valence-corrected chi connectivity index (χ3v) is 2.57. The van der Waals surface area contributed by atoms with E-state index in [0.29, 0.717) is 11.5 Å². The number of aromatic nitrogens is 4. The largest absolute Gasteiger partial charge is 0.389 e. The average molecular weight is 255 g/mol. The molecule has 2 rings (SSSR count). The Bertz CT molecular complexity index is 460. The van der Waals surface area contributed by atoms with Crippen LogP contribution in [0.5, 0.6) is 0 Å². The van der Waals surface area contributed by atoms with Gasteiger partial charge in [-0.1, -0.05) is 0 Å². The van der Waals surface area contributed by atoms with Crippen LogP contribution in [0.4, 0.5) is 0 Å². The van der Waals surface area contributed by atoms with Crippen LogP contribution in [0.25, 0.3) is 5.95 Å². The second kappa shape index (κ2) is 5.22. The minimum atomic E-state index is -1.08. The number of hydrogen-bond acceptors (Lipinski definition) is 5. The molecule has 0 aliphatic rings. The number of nitrogens with zero attached hydrogens (tertiary/aromatic N) is 4. The Kier molecular flexibility index (Phi) is 3.68. The Morgan fingerprint density at radius 2 is 2.00 bits per heavy atom. The van der Waals surface area contributed by atoms with Crippen molar-refractivity contribution in [3.63, 3.8) is 0 Å². The molecule has 2 N–H and O–H groups in total. The van der Waals surface area contributed by atoms with Gasteiger partial charge in [0.25, 0.3) is 0 Å². The maximum Gasteiger partial charge on any atom is 0.234 e. The summed E-state index contributed by atoms with van der Waals surface area (Å²) < 4.78 is 1.63. The second-order valence-electron chi connectivity index (χ2n) is 3.45. The Hall–Kier alpha value is -1.50. The van der Waals surface area contributed by atoms with Gasteiger partial charge in [-0.15, -0.1) is 11.6 Å². The molecule has 2 heterocycles. The highest BCUT2D eigenvalue weighted by molar-refractivity contribution is 6.18. The lowest BCUT2D eigenvalue weighted by molar-refractivity contribution is 0.0323. The second-order valence-corrected chi connectivity index (χ2v) is 3.76. The van der Waals surface area contributed by atoms with E-state index in [1.807, 2.05) is 0 Å². The first kappa shape index (κ1) is 12.0. The summed E-state index contributed by atoms with van der Waals surface area (Å²) in [4.78, 5) is 12.0. The van der Waals surface area contributed by atoms with Gasteiger partial charge in [-0.05, 0) is 0 Å². The minimum absolute atomic E-state index is 0.0512. The highest BCUT2D eigenvalue weighted by atomic mass is 35.5. The lowest BCUT2D eigenvalue weighted by Gasteiger charge is -2.14. The normalized spacial score (nSPS) is 14.5. The summed E-state index contributed by atoms with van der Waals surface area (Å²) in [5.74, 6) is 0.392. The summed E-state index contributed by atoms with van der Waals surface area (Å²) in [6, 6.07) is 0. The third kappa shape index (κ3) is 2.60. The molecule has 0 aliphatic carbocycles. The molecule has 2 aromatic heterocycles. The van der Waals surface area contributed by atoms with Crippen LogP contribution in [-0.2, 0) is 0 Å². The zero-order chi connectivity index (χ0) is 12.3. The number of alkyl halides is 1. The number of imidazole rings is 1. The van der Waals surface area contributed by atoms with Gasteiger partial charge in [0.2, 0.25) is 5.95 Å². The maximum absolute atomic E-state index is 9.68. The van der Waals surface area contributed by atoms with Crippen molar-refractivity contribution in [2.24, 2.45) is 0 Å². The minimum Gasteiger partial charge on any atom is -0.389 e. The number of aliphatic hydroxyl groups is 2. The van der Waals surface area contributed by atoms with Crippen molar-refractivity contribution >= 4 is 11.6 Å². The Labute approximate surface area is 103 Å². The van der Waals surface area contributed by atoms with Crippen molar-refractivity contribution in [3.8, 4) is 5.95 Å². The molecule has 0 aliphatic heterocycles. The topological polar surface area (TPSA) is 84.1 Å². The summed E-state index contributed by atoms with van der Waals surface area (Å²) in [5, 5.41) is 19.1. The fraction of sp³-hybridized carbons (Fsp3) is 0.300. The molecule has 17 heavy (non-hydrogen) atoms. The van der Waals surface area contributed by atoms with Gasteiger partial charge in [-0.25, -0.2) is 15.0 Å². The number of aliphatic hydroxyl groups excluding tert-OH is 2. The lowest BCUT2D eigenvalue weighted by atomic mass is 10.1. The standard InChI is InChI=1S/C10H11ClN4O2/c11-3-8(16)9(17)7-4-13-10(14-5-7)15-2-1-12-6-15/h1-2,4-6,8-9,16-17H,3H2. The van der Waals surface area contributed by atoms with Gasteiger partial charge in [-0.3, -0.25) is 4.57 Å². The zero-order valence-electron chi connectivity index (χ0n) is 8.81. The van der Waals surface area contributed by atoms with Gasteiger partial charge in [0.05, 0.1) is 12.0 Å². The average Bonchev–Trinajstić information content (AvgIpc) is 2.91. The predicted molar refractivity (Wildman–Crippen MR) is 60.8 cm³/mol. The molecule has 0 saturated carbocycles. The summed E-state index contributed by atoms with van der Waals surface area (Å²) in [6.45, 7) is 0. The van der Waals surface area contributed by atoms with E-state index in [2.05, 4.69) is 15.0 Å². The summed E-state index contributed by atoms with van der Waals surface area (Å²) in [7, 11) is 0. The third-order valence-electron chi connectivity index (χ3n) is 2.26. The predicted octanol–water partition coefficient (Wildman–Crippen LogP) is 0.295. The molecule has 0 radical (unpaired) electrons. The number of rotatable bonds is 4. The van der Waals surface area contributed by atoms with Crippen LogP contribution in [0.3, 0.4) is 0 Å². The first-order valence-electron chi connectivity index (χ1n) is 4.94. The Morgan fingerprint density at radius 1 is 1.29 bits per heavy atom. The van der Waals surface area contributed by atoms with Crippen molar-refractivity contribution in [1.29, 1.82) is 0 Å². The van der Waals surface area contributed by atoms with Gasteiger partial charge >= 0.3 is 0 Å². The SMILES string of the molecule is OC(CCl)C(O)c1cnc(-n2ccnc2)nc1. The van der Waals surface area contributed by atoms with E-state index in [-0.39, 0.29) is 5.88 Å². The summed E-state index contributed by atoms with van der Waals surface area (Å²) in [5.41, 5.74) is 0.419. The molecule has 0 spiro atoms. The fourth-order valence-corrected chi connectivity index (χ4v) is 1.47. The monoisotopic (exact) mass is 254 g/mol. The van der Waals surface area contributed by atoms with Crippen molar-refractivity contribution in [3.05, 3.63) is 36.7 Å². The van der Waals surface area contributed by atoms with E-state index in [0.717, 1.165) is 0 Å². The molecule has 2 atom stereocenters. The van der Waals surface area contributed by atoms with E-state index >= 15 is 0 Å². The molecule has 6 nitrogen and oxygen atoms in total. The van der Waals surface area contributed by atoms with Crippen LogP contribution < -0.4 is 0 Å². The van der Waals surface area contributed by atoms with Crippen LogP contribution in [0.2, 0.25) is 0 Å². The highest BCUT2D eigenvalue weighted by Crippen LogP contribution is 2.16. The van der Waals surface area contributed by atoms with Crippen LogP contribution in [-0.4, -0.2) is 41.7 Å². The van der Waals surface area contributed by atoms with E-state index in [1.54, 1.807) is 23.3 Å². The molecular formula is C10H11ClN4O2. The highest BCUT2D eigenvalue weighted by Gasteiger charge is 2.18. The Morgan fingerprint density at radius 3 is 2.53 bits per heavy atom. The van der Waals surface area contributed by atoms with Crippen molar-refractivity contribution < 1.29 is 10.2 Å². The first-order valence-corrected chi connectivity index (χ1v) is 5.48. The molecule has 2 aromatic rings. The van der Waals surface area contributed by atoms with Crippen LogP contribution in [0.15, 0.2) is 31.1 Å². The van der Waals surface area contributed by atoms with E-state index < -0.39 is 12.2 Å². The zero-order valence-corrected chi connectivity index (χ0v) is 9.57.